The number of ether oxygens (including phenoxy) is 1. The summed E-state index contributed by atoms with van der Waals surface area (Å²) >= 11 is 0. The molecule has 0 unspecified atom stereocenters. The highest BCUT2D eigenvalue weighted by Gasteiger charge is 2.18. The van der Waals surface area contributed by atoms with Gasteiger partial charge >= 0.3 is 0 Å². The van der Waals surface area contributed by atoms with E-state index in [1.807, 2.05) is 6.20 Å². The van der Waals surface area contributed by atoms with Gasteiger partial charge in [-0.2, -0.15) is 0 Å². The molecular formula is C16H24N6O2. The third-order valence-corrected chi connectivity index (χ3v) is 4.38. The van der Waals surface area contributed by atoms with Crippen molar-refractivity contribution < 1.29 is 9.53 Å². The Morgan fingerprint density at radius 3 is 2.96 bits per heavy atom. The number of aromatic nitrogens is 4. The molecule has 0 radical (unpaired) electrons. The topological polar surface area (TPSA) is 77.2 Å². The van der Waals surface area contributed by atoms with E-state index in [9.17, 15) is 4.79 Å². The number of nitrogens with one attached hydrogen (secondary N) is 1. The Labute approximate surface area is 141 Å². The Morgan fingerprint density at radius 1 is 1.33 bits per heavy atom. The van der Waals surface area contributed by atoms with E-state index in [0.717, 1.165) is 50.7 Å². The number of carbonyl (C=O) groups excluding carboxylic acids is 1. The van der Waals surface area contributed by atoms with Gasteiger partial charge in [-0.15, -0.1) is 0 Å². The molecule has 3 rings (SSSR count). The zero-order valence-electron chi connectivity index (χ0n) is 14.2. The summed E-state index contributed by atoms with van der Waals surface area (Å²) in [5.74, 6) is 1.32. The molecule has 0 fully saturated rings. The molecule has 1 N–H and O–H groups in total. The van der Waals surface area contributed by atoms with Gasteiger partial charge in [0.05, 0.1) is 25.0 Å². The van der Waals surface area contributed by atoms with Crippen LogP contribution in [0.1, 0.15) is 22.1 Å². The van der Waals surface area contributed by atoms with Crippen molar-refractivity contribution in [1.82, 2.24) is 29.3 Å². The van der Waals surface area contributed by atoms with E-state index in [1.165, 1.54) is 0 Å². The fraction of sp³-hybridized carbons (Fsp3) is 0.562. The first-order chi connectivity index (χ1) is 11.7. The second-order valence-corrected chi connectivity index (χ2v) is 5.95. The van der Waals surface area contributed by atoms with Gasteiger partial charge in [-0.1, -0.05) is 0 Å². The summed E-state index contributed by atoms with van der Waals surface area (Å²) < 4.78 is 9.08. The number of methoxy groups -OCH3 is 1. The van der Waals surface area contributed by atoms with Crippen molar-refractivity contribution >= 4 is 5.91 Å². The minimum Gasteiger partial charge on any atom is -0.383 e. The molecule has 8 nitrogen and oxygen atoms in total. The number of amides is 1. The van der Waals surface area contributed by atoms with Crippen molar-refractivity contribution in [3.63, 3.8) is 0 Å². The minimum atomic E-state index is -0.173. The number of fused-ring (bicyclic) bond motifs is 1. The number of carbonyl (C=O) groups is 1. The first kappa shape index (κ1) is 16.7. The van der Waals surface area contributed by atoms with E-state index in [0.29, 0.717) is 12.4 Å². The summed E-state index contributed by atoms with van der Waals surface area (Å²) in [6, 6.07) is 0. The van der Waals surface area contributed by atoms with Crippen LogP contribution in [0.2, 0.25) is 0 Å². The first-order valence-corrected chi connectivity index (χ1v) is 8.19. The molecular weight excluding hydrogens is 308 g/mol. The van der Waals surface area contributed by atoms with Gasteiger partial charge in [0, 0.05) is 59.2 Å². The van der Waals surface area contributed by atoms with Crippen LogP contribution in [0.5, 0.6) is 0 Å². The molecule has 0 aliphatic carbocycles. The van der Waals surface area contributed by atoms with Crippen molar-refractivity contribution in [2.45, 2.75) is 19.5 Å². The number of aryl methyl sites for hydroxylation is 1. The van der Waals surface area contributed by atoms with Crippen LogP contribution in [0.3, 0.4) is 0 Å². The highest BCUT2D eigenvalue weighted by atomic mass is 16.5. The molecule has 0 bridgehead atoms. The minimum absolute atomic E-state index is 0.173. The van der Waals surface area contributed by atoms with E-state index in [-0.39, 0.29) is 5.91 Å². The lowest BCUT2D eigenvalue weighted by Crippen LogP contribution is -2.30. The van der Waals surface area contributed by atoms with E-state index < -0.39 is 0 Å². The van der Waals surface area contributed by atoms with Gasteiger partial charge < -0.3 is 19.2 Å². The fourth-order valence-corrected chi connectivity index (χ4v) is 2.96. The standard InChI is InChI=1S/C16H24N6O2/c1-20-6-4-17-15(20)16(23)19-12-13-11-18-14-3-5-21(9-10-24-2)7-8-22(13)14/h4,6,11H,3,5,7-10,12H2,1-2H3,(H,19,23). The van der Waals surface area contributed by atoms with Crippen LogP contribution < -0.4 is 5.32 Å². The quantitative estimate of drug-likeness (QED) is 0.809. The molecule has 0 saturated heterocycles. The third-order valence-electron chi connectivity index (χ3n) is 4.38. The number of imidazole rings is 2. The molecule has 1 aliphatic rings. The predicted octanol–water partition coefficient (Wildman–Crippen LogP) is 0.0511. The van der Waals surface area contributed by atoms with Crippen LogP contribution in [0.4, 0.5) is 0 Å². The largest absolute Gasteiger partial charge is 0.383 e. The Morgan fingerprint density at radius 2 is 2.21 bits per heavy atom. The van der Waals surface area contributed by atoms with Crippen LogP contribution in [0.15, 0.2) is 18.6 Å². The second kappa shape index (κ2) is 7.59. The second-order valence-electron chi connectivity index (χ2n) is 5.95. The molecule has 0 aromatic carbocycles. The van der Waals surface area contributed by atoms with E-state index in [1.54, 1.807) is 31.1 Å². The molecule has 2 aromatic heterocycles. The number of hydrogen-bond acceptors (Lipinski definition) is 5. The summed E-state index contributed by atoms with van der Waals surface area (Å²) in [7, 11) is 3.53. The molecule has 8 heteroatoms. The average Bonchev–Trinajstić information content (AvgIpc) is 3.12. The van der Waals surface area contributed by atoms with Crippen molar-refractivity contribution in [3.8, 4) is 0 Å². The predicted molar refractivity (Wildman–Crippen MR) is 88.6 cm³/mol. The Kier molecular flexibility index (Phi) is 5.27. The normalized spacial score (nSPS) is 15.1. The summed E-state index contributed by atoms with van der Waals surface area (Å²) in [5.41, 5.74) is 1.03. The van der Waals surface area contributed by atoms with E-state index in [4.69, 9.17) is 4.74 Å². The van der Waals surface area contributed by atoms with Gasteiger partial charge in [-0.05, 0) is 0 Å². The van der Waals surface area contributed by atoms with Crippen LogP contribution in [-0.2, 0) is 31.3 Å². The van der Waals surface area contributed by atoms with Crippen molar-refractivity contribution in [3.05, 3.63) is 35.9 Å². The summed E-state index contributed by atoms with van der Waals surface area (Å²) in [6.45, 7) is 4.97. The Balaban J connectivity index is 1.60. The summed E-state index contributed by atoms with van der Waals surface area (Å²) in [6.07, 6.45) is 6.15. The highest BCUT2D eigenvalue weighted by Crippen LogP contribution is 2.11. The van der Waals surface area contributed by atoms with Gasteiger partial charge in [0.15, 0.2) is 5.82 Å². The zero-order valence-corrected chi connectivity index (χ0v) is 14.2. The van der Waals surface area contributed by atoms with Gasteiger partial charge in [-0.3, -0.25) is 9.69 Å². The van der Waals surface area contributed by atoms with E-state index >= 15 is 0 Å². The Hall–Kier alpha value is -2.19. The zero-order chi connectivity index (χ0) is 16.9. The van der Waals surface area contributed by atoms with Crippen molar-refractivity contribution in [2.75, 3.05) is 33.4 Å². The highest BCUT2D eigenvalue weighted by molar-refractivity contribution is 5.90. The SMILES string of the molecule is COCCN1CCc2ncc(CNC(=O)c3nccn3C)n2CC1. The molecule has 1 aliphatic heterocycles. The maximum absolute atomic E-state index is 12.2. The van der Waals surface area contributed by atoms with Crippen LogP contribution in [0.25, 0.3) is 0 Å². The lowest BCUT2D eigenvalue weighted by Gasteiger charge is -2.18. The molecule has 2 aromatic rings. The number of rotatable bonds is 6. The van der Waals surface area contributed by atoms with Gasteiger partial charge in [0.2, 0.25) is 0 Å². The number of hydrogen-bond donors (Lipinski definition) is 1. The molecule has 3 heterocycles. The molecule has 0 saturated carbocycles. The molecule has 0 atom stereocenters. The van der Waals surface area contributed by atoms with Gasteiger partial charge in [0.25, 0.3) is 5.91 Å². The average molecular weight is 332 g/mol. The monoisotopic (exact) mass is 332 g/mol. The van der Waals surface area contributed by atoms with Gasteiger partial charge in [-0.25, -0.2) is 9.97 Å². The fourth-order valence-electron chi connectivity index (χ4n) is 2.96. The summed E-state index contributed by atoms with van der Waals surface area (Å²) in [5, 5.41) is 2.93. The Bertz CT molecular complexity index is 693. The lowest BCUT2D eigenvalue weighted by atomic mass is 10.4. The van der Waals surface area contributed by atoms with Crippen molar-refractivity contribution in [1.29, 1.82) is 0 Å². The number of nitrogens with zero attached hydrogens (tertiary/aromatic N) is 5. The van der Waals surface area contributed by atoms with Gasteiger partial charge in [0.1, 0.15) is 5.82 Å². The smallest absolute Gasteiger partial charge is 0.287 e. The first-order valence-electron chi connectivity index (χ1n) is 8.19. The van der Waals surface area contributed by atoms with Crippen LogP contribution >= 0.6 is 0 Å². The van der Waals surface area contributed by atoms with Crippen LogP contribution in [0, 0.1) is 0 Å². The third kappa shape index (κ3) is 3.65. The molecule has 24 heavy (non-hydrogen) atoms. The maximum Gasteiger partial charge on any atom is 0.287 e. The lowest BCUT2D eigenvalue weighted by molar-refractivity contribution is 0.0936. The molecule has 0 spiro atoms. The van der Waals surface area contributed by atoms with Crippen molar-refractivity contribution in [2.24, 2.45) is 7.05 Å². The molecule has 130 valence electrons. The van der Waals surface area contributed by atoms with E-state index in [2.05, 4.69) is 24.8 Å². The summed E-state index contributed by atoms with van der Waals surface area (Å²) in [4.78, 5) is 23.2. The maximum atomic E-state index is 12.2. The van der Waals surface area contributed by atoms with Crippen LogP contribution in [-0.4, -0.2) is 63.3 Å². The molecule has 1 amide bonds.